The van der Waals surface area contributed by atoms with E-state index in [4.69, 9.17) is 4.98 Å². The molecule has 2 fully saturated rings. The average Bonchev–Trinajstić information content (AvgIpc) is 3.38. The molecule has 1 aliphatic carbocycles. The SMILES string of the molecule is CC(C)c1csc(C2CCCN(C(=O)Nc3ccc(C4CC4)nn3)C2)n1. The Kier molecular flexibility index (Phi) is 4.89. The van der Waals surface area contributed by atoms with Crippen LogP contribution in [0.2, 0.25) is 0 Å². The van der Waals surface area contributed by atoms with E-state index >= 15 is 0 Å². The van der Waals surface area contributed by atoms with Gasteiger partial charge in [-0.25, -0.2) is 9.78 Å². The third kappa shape index (κ3) is 3.87. The monoisotopic (exact) mass is 371 g/mol. The normalized spacial score (nSPS) is 20.4. The molecule has 0 radical (unpaired) electrons. The molecule has 1 saturated heterocycles. The third-order valence-corrected chi connectivity index (χ3v) is 6.13. The average molecular weight is 372 g/mol. The largest absolute Gasteiger partial charge is 0.324 e. The molecule has 1 saturated carbocycles. The maximum atomic E-state index is 12.6. The summed E-state index contributed by atoms with van der Waals surface area (Å²) in [6.07, 6.45) is 4.49. The molecule has 26 heavy (non-hydrogen) atoms. The first-order valence-electron chi connectivity index (χ1n) is 9.45. The standard InChI is InChI=1S/C19H25N5OS/c1-12(2)16-11-26-18(20-16)14-4-3-9-24(10-14)19(25)21-17-8-7-15(22-23-17)13-5-6-13/h7-8,11-14H,3-6,9-10H2,1-2H3,(H,21,23,25). The summed E-state index contributed by atoms with van der Waals surface area (Å²) < 4.78 is 0. The molecule has 3 heterocycles. The van der Waals surface area contributed by atoms with E-state index in [-0.39, 0.29) is 6.03 Å². The van der Waals surface area contributed by atoms with Gasteiger partial charge in [0.25, 0.3) is 0 Å². The van der Waals surface area contributed by atoms with Crippen molar-refractivity contribution in [3.05, 3.63) is 33.9 Å². The second kappa shape index (κ2) is 7.31. The van der Waals surface area contributed by atoms with Gasteiger partial charge in [0.15, 0.2) is 5.82 Å². The Hall–Kier alpha value is -2.02. The summed E-state index contributed by atoms with van der Waals surface area (Å²) in [6, 6.07) is 3.74. The number of thiazole rings is 1. The number of carbonyl (C=O) groups is 1. The number of hydrogen-bond donors (Lipinski definition) is 1. The summed E-state index contributed by atoms with van der Waals surface area (Å²) in [5.74, 6) is 1.87. The second-order valence-electron chi connectivity index (χ2n) is 7.60. The van der Waals surface area contributed by atoms with Gasteiger partial charge in [-0.3, -0.25) is 5.32 Å². The number of rotatable bonds is 4. The van der Waals surface area contributed by atoms with E-state index in [9.17, 15) is 4.79 Å². The molecule has 0 bridgehead atoms. The molecule has 2 aliphatic rings. The van der Waals surface area contributed by atoms with E-state index in [1.165, 1.54) is 12.8 Å². The summed E-state index contributed by atoms with van der Waals surface area (Å²) in [4.78, 5) is 19.3. The Morgan fingerprint density at radius 1 is 1.23 bits per heavy atom. The number of carbonyl (C=O) groups excluding carboxylic acids is 1. The van der Waals surface area contributed by atoms with Crippen molar-refractivity contribution in [1.82, 2.24) is 20.1 Å². The van der Waals surface area contributed by atoms with Crippen molar-refractivity contribution >= 4 is 23.2 Å². The number of hydrogen-bond acceptors (Lipinski definition) is 5. The number of urea groups is 1. The molecule has 6 nitrogen and oxygen atoms in total. The van der Waals surface area contributed by atoms with Gasteiger partial charge in [0.2, 0.25) is 0 Å². The lowest BCUT2D eigenvalue weighted by atomic mass is 9.99. The van der Waals surface area contributed by atoms with E-state index in [0.29, 0.717) is 30.1 Å². The van der Waals surface area contributed by atoms with Crippen LogP contribution >= 0.6 is 11.3 Å². The highest BCUT2D eigenvalue weighted by Crippen LogP contribution is 2.38. The zero-order valence-corrected chi connectivity index (χ0v) is 16.1. The summed E-state index contributed by atoms with van der Waals surface area (Å²) in [7, 11) is 0. The molecule has 0 spiro atoms. The van der Waals surface area contributed by atoms with Crippen molar-refractivity contribution in [2.75, 3.05) is 18.4 Å². The lowest BCUT2D eigenvalue weighted by Gasteiger charge is -2.31. The minimum atomic E-state index is -0.0937. The first-order chi connectivity index (χ1) is 12.6. The maximum absolute atomic E-state index is 12.6. The van der Waals surface area contributed by atoms with E-state index < -0.39 is 0 Å². The van der Waals surface area contributed by atoms with Gasteiger partial charge in [0.05, 0.1) is 16.4 Å². The highest BCUT2D eigenvalue weighted by atomic mass is 32.1. The van der Waals surface area contributed by atoms with Crippen LogP contribution in [0.3, 0.4) is 0 Å². The number of anilines is 1. The Bertz CT molecular complexity index is 768. The number of aromatic nitrogens is 3. The van der Waals surface area contributed by atoms with Crippen molar-refractivity contribution in [2.24, 2.45) is 0 Å². The van der Waals surface area contributed by atoms with Gasteiger partial charge < -0.3 is 4.90 Å². The van der Waals surface area contributed by atoms with Crippen molar-refractivity contribution < 1.29 is 4.79 Å². The van der Waals surface area contributed by atoms with Crippen molar-refractivity contribution in [2.45, 2.75) is 57.3 Å². The maximum Gasteiger partial charge on any atom is 0.323 e. The van der Waals surface area contributed by atoms with E-state index in [2.05, 4.69) is 34.7 Å². The van der Waals surface area contributed by atoms with E-state index in [0.717, 1.165) is 35.8 Å². The van der Waals surface area contributed by atoms with Crippen LogP contribution in [0, 0.1) is 0 Å². The molecular weight excluding hydrogens is 346 g/mol. The molecule has 1 aliphatic heterocycles. The van der Waals surface area contributed by atoms with Gasteiger partial charge in [-0.2, -0.15) is 5.10 Å². The van der Waals surface area contributed by atoms with Crippen LogP contribution in [0.5, 0.6) is 0 Å². The van der Waals surface area contributed by atoms with Crippen LogP contribution in [0.15, 0.2) is 17.5 Å². The predicted octanol–water partition coefficient (Wildman–Crippen LogP) is 4.35. The minimum Gasteiger partial charge on any atom is -0.324 e. The van der Waals surface area contributed by atoms with Crippen LogP contribution in [0.1, 0.15) is 73.7 Å². The van der Waals surface area contributed by atoms with Gasteiger partial charge in [-0.15, -0.1) is 16.4 Å². The Morgan fingerprint density at radius 2 is 2.08 bits per heavy atom. The number of likely N-dealkylation sites (tertiary alicyclic amines) is 1. The van der Waals surface area contributed by atoms with Gasteiger partial charge in [-0.1, -0.05) is 13.8 Å². The fourth-order valence-electron chi connectivity index (χ4n) is 3.31. The topological polar surface area (TPSA) is 71.0 Å². The van der Waals surface area contributed by atoms with Crippen LogP contribution in [0.4, 0.5) is 10.6 Å². The molecule has 2 amide bonds. The fourth-order valence-corrected chi connectivity index (χ4v) is 4.42. The molecule has 0 aromatic carbocycles. The van der Waals surface area contributed by atoms with E-state index in [1.54, 1.807) is 11.3 Å². The quantitative estimate of drug-likeness (QED) is 0.867. The van der Waals surface area contributed by atoms with Crippen molar-refractivity contribution in [3.63, 3.8) is 0 Å². The van der Waals surface area contributed by atoms with Crippen LogP contribution in [-0.2, 0) is 0 Å². The summed E-state index contributed by atoms with van der Waals surface area (Å²) >= 11 is 1.72. The molecule has 7 heteroatoms. The summed E-state index contributed by atoms with van der Waals surface area (Å²) in [5.41, 5.74) is 2.18. The van der Waals surface area contributed by atoms with Gasteiger partial charge in [0, 0.05) is 30.3 Å². The highest BCUT2D eigenvalue weighted by Gasteiger charge is 2.28. The first kappa shape index (κ1) is 17.4. The molecule has 1 unspecified atom stereocenters. The summed E-state index contributed by atoms with van der Waals surface area (Å²) in [5, 5.41) is 14.6. The van der Waals surface area contributed by atoms with Gasteiger partial charge >= 0.3 is 6.03 Å². The lowest BCUT2D eigenvalue weighted by molar-refractivity contribution is 0.192. The number of piperidine rings is 1. The first-order valence-corrected chi connectivity index (χ1v) is 10.3. The fraction of sp³-hybridized carbons (Fsp3) is 0.579. The molecule has 1 N–H and O–H groups in total. The molecule has 2 aromatic heterocycles. The lowest BCUT2D eigenvalue weighted by Crippen LogP contribution is -2.41. The Balaban J connectivity index is 1.37. The van der Waals surface area contributed by atoms with Crippen molar-refractivity contribution in [1.29, 1.82) is 0 Å². The van der Waals surface area contributed by atoms with Crippen molar-refractivity contribution in [3.8, 4) is 0 Å². The molecule has 2 aromatic rings. The number of amides is 2. The molecule has 4 rings (SSSR count). The molecule has 138 valence electrons. The minimum absolute atomic E-state index is 0.0937. The van der Waals surface area contributed by atoms with Crippen LogP contribution in [0.25, 0.3) is 0 Å². The van der Waals surface area contributed by atoms with Crippen LogP contribution in [-0.4, -0.2) is 39.2 Å². The summed E-state index contributed by atoms with van der Waals surface area (Å²) in [6.45, 7) is 5.81. The van der Waals surface area contributed by atoms with E-state index in [1.807, 2.05) is 17.0 Å². The number of nitrogens with zero attached hydrogens (tertiary/aromatic N) is 4. The Labute approximate surface area is 158 Å². The smallest absolute Gasteiger partial charge is 0.323 e. The predicted molar refractivity (Wildman–Crippen MR) is 103 cm³/mol. The van der Waals surface area contributed by atoms with Gasteiger partial charge in [0.1, 0.15) is 0 Å². The number of nitrogens with one attached hydrogen (secondary N) is 1. The molecule has 1 atom stereocenters. The van der Waals surface area contributed by atoms with Crippen LogP contribution < -0.4 is 5.32 Å². The van der Waals surface area contributed by atoms with Gasteiger partial charge in [-0.05, 0) is 43.7 Å². The Morgan fingerprint density at radius 3 is 2.73 bits per heavy atom. The zero-order chi connectivity index (χ0) is 18.1. The third-order valence-electron chi connectivity index (χ3n) is 5.10. The molecular formula is C19H25N5OS. The zero-order valence-electron chi connectivity index (χ0n) is 15.3. The highest BCUT2D eigenvalue weighted by molar-refractivity contribution is 7.09. The second-order valence-corrected chi connectivity index (χ2v) is 8.49.